The van der Waals surface area contributed by atoms with E-state index < -0.39 is 6.10 Å². The first-order chi connectivity index (χ1) is 33.0. The molecule has 0 saturated carbocycles. The summed E-state index contributed by atoms with van der Waals surface area (Å²) >= 11 is 0. The molecule has 0 aliphatic heterocycles. The predicted octanol–water partition coefficient (Wildman–Crippen LogP) is 19.4. The monoisotopic (exact) mass is 939 g/mol. The van der Waals surface area contributed by atoms with Gasteiger partial charge in [-0.1, -0.05) is 268 Å². The second-order valence-corrected chi connectivity index (χ2v) is 19.6. The van der Waals surface area contributed by atoms with E-state index in [0.717, 1.165) is 83.5 Å². The molecule has 0 heterocycles. The standard InChI is InChI=1S/C61H110O6/c1-4-7-10-13-16-19-22-25-28-30-31-32-34-36-39-42-45-48-51-54-60(63)66-57-58(56-65-59(62)53-50-47-44-41-38-35-27-24-21-18-15-12-9-6-3)67-61(64)55-52-49-46-43-40-37-33-29-26-23-20-17-14-11-8-5-2/h16,19,25,28,31-32,36,39,58H,4-15,17-18,20-24,26-27,29-30,33-35,37-38,40-57H2,1-3H3/b19-16+,28-25+,32-31+,39-36+/t58-/m1/s1. The van der Waals surface area contributed by atoms with Gasteiger partial charge in [-0.3, -0.25) is 14.4 Å². The summed E-state index contributed by atoms with van der Waals surface area (Å²) in [5.41, 5.74) is 0. The summed E-state index contributed by atoms with van der Waals surface area (Å²) in [7, 11) is 0. The van der Waals surface area contributed by atoms with Crippen molar-refractivity contribution in [2.24, 2.45) is 0 Å². The molecule has 0 aromatic rings. The van der Waals surface area contributed by atoms with Gasteiger partial charge >= 0.3 is 17.9 Å². The Morgan fingerprint density at radius 2 is 0.537 bits per heavy atom. The molecule has 0 amide bonds. The molecule has 67 heavy (non-hydrogen) atoms. The van der Waals surface area contributed by atoms with Gasteiger partial charge in [-0.15, -0.1) is 0 Å². The zero-order valence-corrected chi connectivity index (χ0v) is 44.7. The third kappa shape index (κ3) is 54.2. The van der Waals surface area contributed by atoms with E-state index in [4.69, 9.17) is 14.2 Å². The van der Waals surface area contributed by atoms with Crippen LogP contribution in [-0.4, -0.2) is 37.2 Å². The van der Waals surface area contributed by atoms with Gasteiger partial charge in [0.1, 0.15) is 13.2 Å². The van der Waals surface area contributed by atoms with Crippen LogP contribution in [0.25, 0.3) is 0 Å². The number of carbonyl (C=O) groups is 3. The van der Waals surface area contributed by atoms with Crippen LogP contribution >= 0.6 is 0 Å². The molecule has 0 aromatic heterocycles. The number of carbonyl (C=O) groups excluding carboxylic acids is 3. The summed E-state index contributed by atoms with van der Waals surface area (Å²) in [5.74, 6) is -0.894. The van der Waals surface area contributed by atoms with E-state index in [1.165, 1.54) is 180 Å². The molecule has 0 rings (SSSR count). The molecule has 0 fully saturated rings. The van der Waals surface area contributed by atoms with Crippen molar-refractivity contribution in [2.45, 2.75) is 309 Å². The number of ether oxygens (including phenoxy) is 3. The third-order valence-corrected chi connectivity index (χ3v) is 12.8. The van der Waals surface area contributed by atoms with Crippen molar-refractivity contribution in [3.05, 3.63) is 48.6 Å². The molecule has 0 bridgehead atoms. The van der Waals surface area contributed by atoms with Crippen LogP contribution < -0.4 is 0 Å². The molecule has 0 N–H and O–H groups in total. The first-order valence-corrected chi connectivity index (χ1v) is 29.1. The maximum Gasteiger partial charge on any atom is 0.306 e. The third-order valence-electron chi connectivity index (χ3n) is 12.8. The van der Waals surface area contributed by atoms with Gasteiger partial charge in [-0.2, -0.15) is 0 Å². The molecule has 1 atom stereocenters. The maximum atomic E-state index is 12.9. The number of allylic oxidation sites excluding steroid dienone is 8. The van der Waals surface area contributed by atoms with Crippen molar-refractivity contribution in [2.75, 3.05) is 13.2 Å². The highest BCUT2D eigenvalue weighted by atomic mass is 16.6. The van der Waals surface area contributed by atoms with Crippen LogP contribution in [0.3, 0.4) is 0 Å². The van der Waals surface area contributed by atoms with Crippen molar-refractivity contribution in [1.82, 2.24) is 0 Å². The highest BCUT2D eigenvalue weighted by Crippen LogP contribution is 2.16. The highest BCUT2D eigenvalue weighted by Gasteiger charge is 2.19. The Bertz CT molecular complexity index is 1170. The van der Waals surface area contributed by atoms with Crippen molar-refractivity contribution in [1.29, 1.82) is 0 Å². The lowest BCUT2D eigenvalue weighted by Crippen LogP contribution is -2.30. The average Bonchev–Trinajstić information content (AvgIpc) is 3.33. The van der Waals surface area contributed by atoms with Gasteiger partial charge in [0.25, 0.3) is 0 Å². The van der Waals surface area contributed by atoms with E-state index in [2.05, 4.69) is 69.4 Å². The number of esters is 3. The SMILES string of the molecule is CCCCC/C=C/C/C=C/C/C=C/C/C=C/CCCCCC(=O)OC[C@@H](COC(=O)CCCCCCCCCCCCCCCC)OC(=O)CCCCCCCCCCCCCCCCCC. The number of hydrogen-bond donors (Lipinski definition) is 0. The van der Waals surface area contributed by atoms with Gasteiger partial charge in [0, 0.05) is 19.3 Å². The lowest BCUT2D eigenvalue weighted by atomic mass is 10.0. The topological polar surface area (TPSA) is 78.9 Å². The molecule has 0 aromatic carbocycles. The van der Waals surface area contributed by atoms with E-state index in [1.807, 2.05) is 0 Å². The maximum absolute atomic E-state index is 12.9. The first kappa shape index (κ1) is 64.4. The van der Waals surface area contributed by atoms with Crippen LogP contribution in [-0.2, 0) is 28.6 Å². The van der Waals surface area contributed by atoms with Crippen molar-refractivity contribution >= 4 is 17.9 Å². The predicted molar refractivity (Wildman–Crippen MR) is 289 cm³/mol. The van der Waals surface area contributed by atoms with Gasteiger partial charge in [-0.25, -0.2) is 0 Å². The highest BCUT2D eigenvalue weighted by molar-refractivity contribution is 5.71. The minimum atomic E-state index is -0.782. The zero-order valence-electron chi connectivity index (χ0n) is 44.7. The molecule has 0 radical (unpaired) electrons. The fourth-order valence-electron chi connectivity index (χ4n) is 8.43. The molecule has 6 heteroatoms. The second-order valence-electron chi connectivity index (χ2n) is 19.6. The summed E-state index contributed by atoms with van der Waals surface area (Å²) in [6.07, 6.45) is 68.1. The summed E-state index contributed by atoms with van der Waals surface area (Å²) in [5, 5.41) is 0. The van der Waals surface area contributed by atoms with Gasteiger partial charge in [0.15, 0.2) is 6.10 Å². The van der Waals surface area contributed by atoms with Crippen LogP contribution in [0.2, 0.25) is 0 Å². The molecule has 0 spiro atoms. The van der Waals surface area contributed by atoms with Gasteiger partial charge in [0.2, 0.25) is 0 Å². The Hall–Kier alpha value is -2.63. The van der Waals surface area contributed by atoms with E-state index in [9.17, 15) is 14.4 Å². The van der Waals surface area contributed by atoms with Crippen LogP contribution in [0, 0.1) is 0 Å². The Balaban J connectivity index is 4.40. The smallest absolute Gasteiger partial charge is 0.306 e. The lowest BCUT2D eigenvalue weighted by Gasteiger charge is -2.18. The average molecular weight is 940 g/mol. The molecule has 0 aliphatic rings. The van der Waals surface area contributed by atoms with E-state index in [-0.39, 0.29) is 31.1 Å². The van der Waals surface area contributed by atoms with Gasteiger partial charge < -0.3 is 14.2 Å². The van der Waals surface area contributed by atoms with Crippen molar-refractivity contribution < 1.29 is 28.6 Å². The van der Waals surface area contributed by atoms with E-state index >= 15 is 0 Å². The fourth-order valence-corrected chi connectivity index (χ4v) is 8.43. The number of rotatable bonds is 53. The summed E-state index contributed by atoms with van der Waals surface area (Å²) < 4.78 is 16.9. The van der Waals surface area contributed by atoms with E-state index in [1.54, 1.807) is 0 Å². The number of unbranched alkanes of at least 4 members (excludes halogenated alkanes) is 34. The molecule has 0 saturated heterocycles. The quantitative estimate of drug-likeness (QED) is 0.0262. The van der Waals surface area contributed by atoms with Crippen molar-refractivity contribution in [3.8, 4) is 0 Å². The summed E-state index contributed by atoms with van der Waals surface area (Å²) in [6, 6.07) is 0. The number of hydrogen-bond acceptors (Lipinski definition) is 6. The normalized spacial score (nSPS) is 12.3. The Kier molecular flexibility index (Phi) is 53.8. The van der Waals surface area contributed by atoms with E-state index in [0.29, 0.717) is 19.3 Å². The molecule has 0 unspecified atom stereocenters. The van der Waals surface area contributed by atoms with Crippen LogP contribution in [0.15, 0.2) is 48.6 Å². The fraction of sp³-hybridized carbons (Fsp3) is 0.820. The minimum Gasteiger partial charge on any atom is -0.462 e. The Morgan fingerprint density at radius 3 is 0.866 bits per heavy atom. The lowest BCUT2D eigenvalue weighted by molar-refractivity contribution is -0.167. The molecular weight excluding hydrogens is 829 g/mol. The first-order valence-electron chi connectivity index (χ1n) is 29.1. The van der Waals surface area contributed by atoms with Crippen LogP contribution in [0.5, 0.6) is 0 Å². The largest absolute Gasteiger partial charge is 0.462 e. The van der Waals surface area contributed by atoms with Gasteiger partial charge in [0.05, 0.1) is 0 Å². The van der Waals surface area contributed by atoms with Crippen LogP contribution in [0.4, 0.5) is 0 Å². The minimum absolute atomic E-state index is 0.0789. The summed E-state index contributed by atoms with van der Waals surface area (Å²) in [4.78, 5) is 38.1. The molecule has 390 valence electrons. The van der Waals surface area contributed by atoms with Crippen molar-refractivity contribution in [3.63, 3.8) is 0 Å². The second kappa shape index (κ2) is 56.0. The Labute approximate surface area is 416 Å². The molecule has 6 nitrogen and oxygen atoms in total. The van der Waals surface area contributed by atoms with Crippen LogP contribution in [0.1, 0.15) is 303 Å². The summed E-state index contributed by atoms with van der Waals surface area (Å²) in [6.45, 7) is 6.62. The molecule has 0 aliphatic carbocycles. The molecular formula is C61H110O6. The zero-order chi connectivity index (χ0) is 48.6. The Morgan fingerprint density at radius 1 is 0.299 bits per heavy atom. The van der Waals surface area contributed by atoms with Gasteiger partial charge in [-0.05, 0) is 64.2 Å².